The van der Waals surface area contributed by atoms with Gasteiger partial charge >= 0.3 is 0 Å². The molecule has 3 rings (SSSR count). The first-order valence-electron chi connectivity index (χ1n) is 10.5. The predicted molar refractivity (Wildman–Crippen MR) is 112 cm³/mol. The molecule has 3 atom stereocenters. The van der Waals surface area contributed by atoms with Gasteiger partial charge in [0.2, 0.25) is 5.91 Å². The second-order valence-electron chi connectivity index (χ2n) is 8.39. The number of nitrogens with one attached hydrogen (secondary N) is 2. The second-order valence-corrected chi connectivity index (χ2v) is 8.39. The van der Waals surface area contributed by atoms with E-state index in [-0.39, 0.29) is 35.8 Å². The van der Waals surface area contributed by atoms with Gasteiger partial charge in [-0.05, 0) is 43.9 Å². The van der Waals surface area contributed by atoms with Gasteiger partial charge in [-0.15, -0.1) is 0 Å². The lowest BCUT2D eigenvalue weighted by atomic mass is 9.85. The van der Waals surface area contributed by atoms with Crippen molar-refractivity contribution in [1.29, 1.82) is 0 Å². The average Bonchev–Trinajstić information content (AvgIpc) is 2.66. The Hall–Kier alpha value is -2.12. The minimum atomic E-state index is -0.143. The topological polar surface area (TPSA) is 79.9 Å². The summed E-state index contributed by atoms with van der Waals surface area (Å²) in [6, 6.07) is 5.42. The molecule has 0 aromatic heterocycles. The molecule has 1 fully saturated rings. The molecule has 0 bridgehead atoms. The van der Waals surface area contributed by atoms with E-state index < -0.39 is 0 Å². The van der Waals surface area contributed by atoms with Crippen molar-refractivity contribution in [3.05, 3.63) is 23.8 Å². The molecular weight excluding hydrogens is 370 g/mol. The number of hydrogen-bond donors (Lipinski definition) is 2. The highest BCUT2D eigenvalue weighted by Gasteiger charge is 2.27. The van der Waals surface area contributed by atoms with Crippen molar-refractivity contribution in [2.24, 2.45) is 11.8 Å². The summed E-state index contributed by atoms with van der Waals surface area (Å²) in [5, 5.41) is 6.42. The third-order valence-electron chi connectivity index (χ3n) is 5.97. The molecule has 0 spiro atoms. The molecule has 1 aliphatic carbocycles. The van der Waals surface area contributed by atoms with E-state index in [4.69, 9.17) is 9.47 Å². The summed E-state index contributed by atoms with van der Waals surface area (Å²) in [5.41, 5.74) is 1.08. The molecule has 7 heteroatoms. The molecular formula is C22H33N3O4. The minimum absolute atomic E-state index is 0.0252. The molecule has 29 heavy (non-hydrogen) atoms. The van der Waals surface area contributed by atoms with Gasteiger partial charge in [0, 0.05) is 44.9 Å². The van der Waals surface area contributed by atoms with Crippen LogP contribution in [-0.2, 0) is 9.53 Å². The number of likely N-dealkylation sites (N-methyl/N-ethyl adjacent to an activating group) is 1. The largest absolute Gasteiger partial charge is 0.491 e. The molecule has 0 unspecified atom stereocenters. The maximum atomic E-state index is 13.2. The number of carbonyl (C=O) groups excluding carboxylic acids is 2. The van der Waals surface area contributed by atoms with Crippen LogP contribution in [0, 0.1) is 11.8 Å². The van der Waals surface area contributed by atoms with Crippen LogP contribution in [0.15, 0.2) is 18.2 Å². The van der Waals surface area contributed by atoms with Crippen LogP contribution in [0.1, 0.15) is 43.5 Å². The third-order valence-corrected chi connectivity index (χ3v) is 5.97. The van der Waals surface area contributed by atoms with E-state index in [1.165, 1.54) is 0 Å². The average molecular weight is 404 g/mol. The molecule has 1 saturated carbocycles. The highest BCUT2D eigenvalue weighted by molar-refractivity contribution is 5.99. The van der Waals surface area contributed by atoms with Crippen molar-refractivity contribution < 1.29 is 19.1 Å². The fraction of sp³-hybridized carbons (Fsp3) is 0.636. The number of hydrogen-bond acceptors (Lipinski definition) is 5. The molecule has 1 aromatic rings. The Morgan fingerprint density at radius 3 is 2.72 bits per heavy atom. The summed E-state index contributed by atoms with van der Waals surface area (Å²) in [5.74, 6) is 0.734. The van der Waals surface area contributed by atoms with Crippen LogP contribution in [0.25, 0.3) is 0 Å². The van der Waals surface area contributed by atoms with E-state index in [0.717, 1.165) is 25.8 Å². The van der Waals surface area contributed by atoms with E-state index in [9.17, 15) is 9.59 Å². The summed E-state index contributed by atoms with van der Waals surface area (Å²) in [6.45, 7) is 5.87. The Morgan fingerprint density at radius 1 is 1.31 bits per heavy atom. The zero-order valence-corrected chi connectivity index (χ0v) is 17.9. The van der Waals surface area contributed by atoms with Crippen molar-refractivity contribution >= 4 is 17.5 Å². The summed E-state index contributed by atoms with van der Waals surface area (Å²) < 4.78 is 11.6. The summed E-state index contributed by atoms with van der Waals surface area (Å²) >= 11 is 0. The number of anilines is 1. The zero-order chi connectivity index (χ0) is 21.0. The SMILES string of the molecule is CO[C@@H]1CN(C)C(=O)c2cc(NC(=O)C3CCC3)ccc2OC[C@H](C)NC[C@@H]1C. The second kappa shape index (κ2) is 9.59. The summed E-state index contributed by atoms with van der Waals surface area (Å²) in [6.07, 6.45) is 2.89. The summed E-state index contributed by atoms with van der Waals surface area (Å²) in [7, 11) is 3.45. The monoisotopic (exact) mass is 403 g/mol. The first-order valence-corrected chi connectivity index (χ1v) is 10.5. The Kier molecular flexibility index (Phi) is 7.14. The van der Waals surface area contributed by atoms with Crippen LogP contribution in [0.5, 0.6) is 5.75 Å². The molecule has 1 aliphatic heterocycles. The molecule has 7 nitrogen and oxygen atoms in total. The maximum Gasteiger partial charge on any atom is 0.257 e. The highest BCUT2D eigenvalue weighted by atomic mass is 16.5. The van der Waals surface area contributed by atoms with Crippen molar-refractivity contribution in [1.82, 2.24) is 10.2 Å². The predicted octanol–water partition coefficient (Wildman–Crippen LogP) is 2.52. The van der Waals surface area contributed by atoms with Crippen LogP contribution < -0.4 is 15.4 Å². The fourth-order valence-electron chi connectivity index (χ4n) is 3.65. The lowest BCUT2D eigenvalue weighted by Crippen LogP contribution is -2.44. The van der Waals surface area contributed by atoms with Crippen LogP contribution in [0.4, 0.5) is 5.69 Å². The Bertz CT molecular complexity index is 735. The number of nitrogens with zero attached hydrogens (tertiary/aromatic N) is 1. The molecule has 0 saturated heterocycles. The first kappa shape index (κ1) is 21.6. The first-order chi connectivity index (χ1) is 13.9. The molecule has 160 valence electrons. The smallest absolute Gasteiger partial charge is 0.257 e. The van der Waals surface area contributed by atoms with Crippen molar-refractivity contribution in [2.75, 3.05) is 39.2 Å². The number of fused-ring (bicyclic) bond motifs is 1. The van der Waals surface area contributed by atoms with Gasteiger partial charge in [0.25, 0.3) is 5.91 Å². The van der Waals surface area contributed by atoms with Gasteiger partial charge in [0.1, 0.15) is 12.4 Å². The van der Waals surface area contributed by atoms with Crippen molar-refractivity contribution in [3.63, 3.8) is 0 Å². The Balaban J connectivity index is 1.85. The van der Waals surface area contributed by atoms with E-state index in [1.807, 2.05) is 0 Å². The lowest BCUT2D eigenvalue weighted by Gasteiger charge is -2.30. The quantitative estimate of drug-likeness (QED) is 0.811. The molecule has 2 aliphatic rings. The number of methoxy groups -OCH3 is 1. The fourth-order valence-corrected chi connectivity index (χ4v) is 3.65. The number of carbonyl (C=O) groups is 2. The van der Waals surface area contributed by atoms with E-state index in [2.05, 4.69) is 24.5 Å². The van der Waals surface area contributed by atoms with Crippen LogP contribution in [0.3, 0.4) is 0 Å². The highest BCUT2D eigenvalue weighted by Crippen LogP contribution is 2.29. The Morgan fingerprint density at radius 2 is 2.07 bits per heavy atom. The molecule has 2 N–H and O–H groups in total. The van der Waals surface area contributed by atoms with Gasteiger partial charge < -0.3 is 25.0 Å². The van der Waals surface area contributed by atoms with E-state index in [0.29, 0.717) is 30.2 Å². The zero-order valence-electron chi connectivity index (χ0n) is 17.9. The Labute approximate surface area is 173 Å². The van der Waals surface area contributed by atoms with Gasteiger partial charge in [0.05, 0.1) is 11.7 Å². The van der Waals surface area contributed by atoms with E-state index in [1.54, 1.807) is 37.3 Å². The van der Waals surface area contributed by atoms with Crippen molar-refractivity contribution in [3.8, 4) is 5.75 Å². The lowest BCUT2D eigenvalue weighted by molar-refractivity contribution is -0.122. The molecule has 1 heterocycles. The normalized spacial score (nSPS) is 26.4. The number of amides is 2. The molecule has 2 amide bonds. The van der Waals surface area contributed by atoms with Gasteiger partial charge in [0.15, 0.2) is 0 Å². The van der Waals surface area contributed by atoms with E-state index >= 15 is 0 Å². The molecule has 0 radical (unpaired) electrons. The van der Waals surface area contributed by atoms with Gasteiger partial charge in [-0.2, -0.15) is 0 Å². The number of ether oxygens (including phenoxy) is 2. The minimum Gasteiger partial charge on any atom is -0.491 e. The van der Waals surface area contributed by atoms with Gasteiger partial charge in [-0.1, -0.05) is 13.3 Å². The number of rotatable bonds is 3. The number of benzene rings is 1. The van der Waals surface area contributed by atoms with Crippen LogP contribution in [0.2, 0.25) is 0 Å². The van der Waals surface area contributed by atoms with Crippen LogP contribution in [-0.4, -0.2) is 62.7 Å². The van der Waals surface area contributed by atoms with Gasteiger partial charge in [-0.25, -0.2) is 0 Å². The van der Waals surface area contributed by atoms with Crippen LogP contribution >= 0.6 is 0 Å². The third kappa shape index (κ3) is 5.28. The van der Waals surface area contributed by atoms with Crippen molar-refractivity contribution in [2.45, 2.75) is 45.3 Å². The summed E-state index contributed by atoms with van der Waals surface area (Å²) in [4.78, 5) is 27.2. The standard InChI is InChI=1S/C22H33N3O4/c1-14-11-23-15(2)13-29-19-9-8-17(24-21(26)16-6-5-7-16)10-18(19)22(27)25(3)12-20(14)28-4/h8-10,14-16,20,23H,5-7,11-13H2,1-4H3,(H,24,26)/t14-,15-,20+/m0/s1. The van der Waals surface area contributed by atoms with Gasteiger partial charge in [-0.3, -0.25) is 9.59 Å². The molecule has 1 aromatic carbocycles. The maximum absolute atomic E-state index is 13.2.